The molecule has 1 aromatic carbocycles. The normalized spacial score (nSPS) is 18.8. The summed E-state index contributed by atoms with van der Waals surface area (Å²) < 4.78 is 0. The fourth-order valence-electron chi connectivity index (χ4n) is 2.55. The van der Waals surface area contributed by atoms with Gasteiger partial charge in [-0.05, 0) is 56.5 Å². The molecule has 1 amide bonds. The Morgan fingerprint density at radius 3 is 2.55 bits per heavy atom. The first-order valence-corrected chi connectivity index (χ1v) is 7.69. The van der Waals surface area contributed by atoms with Gasteiger partial charge < -0.3 is 5.32 Å². The lowest BCUT2D eigenvalue weighted by Gasteiger charge is -2.30. The number of nitrogens with one attached hydrogen (secondary N) is 1. The van der Waals surface area contributed by atoms with Crippen LogP contribution in [0, 0.1) is 5.92 Å². The van der Waals surface area contributed by atoms with Crippen LogP contribution in [0.2, 0.25) is 5.02 Å². The van der Waals surface area contributed by atoms with Crippen LogP contribution in [0.4, 0.5) is 0 Å². The van der Waals surface area contributed by atoms with Crippen molar-refractivity contribution in [2.24, 2.45) is 5.92 Å². The molecule has 0 saturated carbocycles. The first-order chi connectivity index (χ1) is 9.54. The number of likely N-dealkylation sites (tertiary alicyclic amines) is 1. The Morgan fingerprint density at radius 2 is 1.95 bits per heavy atom. The maximum absolute atomic E-state index is 12.1. The number of carbonyl (C=O) groups is 1. The molecular weight excluding hydrogens is 272 g/mol. The van der Waals surface area contributed by atoms with Gasteiger partial charge in [-0.2, -0.15) is 0 Å². The number of nitrogens with zero attached hydrogens (tertiary/aromatic N) is 1. The van der Waals surface area contributed by atoms with E-state index in [-0.39, 0.29) is 11.9 Å². The van der Waals surface area contributed by atoms with Crippen LogP contribution in [-0.2, 0) is 4.79 Å². The molecule has 0 unspecified atom stereocenters. The van der Waals surface area contributed by atoms with E-state index in [1.54, 1.807) is 0 Å². The van der Waals surface area contributed by atoms with E-state index in [1.807, 2.05) is 31.2 Å². The van der Waals surface area contributed by atoms with E-state index in [9.17, 15) is 4.79 Å². The predicted molar refractivity (Wildman–Crippen MR) is 82.8 cm³/mol. The highest BCUT2D eigenvalue weighted by Gasteiger charge is 2.18. The molecule has 1 heterocycles. The number of benzene rings is 1. The summed E-state index contributed by atoms with van der Waals surface area (Å²) in [6, 6.07) is 7.63. The van der Waals surface area contributed by atoms with Crippen molar-refractivity contribution in [1.82, 2.24) is 10.2 Å². The molecule has 20 heavy (non-hydrogen) atoms. The van der Waals surface area contributed by atoms with Crippen molar-refractivity contribution in [2.45, 2.75) is 32.7 Å². The van der Waals surface area contributed by atoms with Gasteiger partial charge in [0, 0.05) is 5.02 Å². The Hall–Kier alpha value is -1.06. The number of hydrogen-bond acceptors (Lipinski definition) is 2. The Kier molecular flexibility index (Phi) is 5.44. The molecule has 1 atom stereocenters. The van der Waals surface area contributed by atoms with E-state index >= 15 is 0 Å². The minimum Gasteiger partial charge on any atom is -0.348 e. The minimum atomic E-state index is 0.0171. The van der Waals surface area contributed by atoms with Gasteiger partial charge in [-0.3, -0.25) is 9.69 Å². The highest BCUT2D eigenvalue weighted by atomic mass is 35.5. The molecule has 0 aliphatic carbocycles. The number of amides is 1. The third kappa shape index (κ3) is 4.50. The highest BCUT2D eigenvalue weighted by molar-refractivity contribution is 6.30. The average molecular weight is 295 g/mol. The zero-order valence-corrected chi connectivity index (χ0v) is 13.0. The van der Waals surface area contributed by atoms with Gasteiger partial charge in [0.2, 0.25) is 5.91 Å². The number of carbonyl (C=O) groups excluding carboxylic acids is 1. The van der Waals surface area contributed by atoms with Gasteiger partial charge in [-0.15, -0.1) is 0 Å². The molecule has 1 N–H and O–H groups in total. The predicted octanol–water partition coefficient (Wildman–Crippen LogP) is 3.25. The van der Waals surface area contributed by atoms with Crippen LogP contribution < -0.4 is 5.32 Å². The Bertz CT molecular complexity index is 438. The molecule has 1 saturated heterocycles. The van der Waals surface area contributed by atoms with Gasteiger partial charge in [0.25, 0.3) is 0 Å². The van der Waals surface area contributed by atoms with Crippen LogP contribution in [0.15, 0.2) is 24.3 Å². The van der Waals surface area contributed by atoms with Gasteiger partial charge in [-0.1, -0.05) is 30.7 Å². The van der Waals surface area contributed by atoms with Crippen molar-refractivity contribution in [3.63, 3.8) is 0 Å². The maximum atomic E-state index is 12.1. The fourth-order valence-corrected chi connectivity index (χ4v) is 2.67. The molecule has 110 valence electrons. The molecule has 1 fully saturated rings. The van der Waals surface area contributed by atoms with Crippen molar-refractivity contribution in [2.75, 3.05) is 19.6 Å². The molecule has 0 radical (unpaired) electrons. The number of halogens is 1. The van der Waals surface area contributed by atoms with Crippen LogP contribution >= 0.6 is 11.6 Å². The van der Waals surface area contributed by atoms with Crippen LogP contribution in [-0.4, -0.2) is 30.4 Å². The third-order valence-electron chi connectivity index (χ3n) is 3.99. The third-order valence-corrected chi connectivity index (χ3v) is 4.24. The summed E-state index contributed by atoms with van der Waals surface area (Å²) in [5.41, 5.74) is 1.08. The second kappa shape index (κ2) is 7.09. The SMILES string of the molecule is CC1CCN(CC(=O)N[C@H](C)c2ccc(Cl)cc2)CC1. The zero-order chi connectivity index (χ0) is 14.5. The van der Waals surface area contributed by atoms with E-state index in [1.165, 1.54) is 12.8 Å². The Morgan fingerprint density at radius 1 is 1.35 bits per heavy atom. The van der Waals surface area contributed by atoms with Crippen molar-refractivity contribution in [1.29, 1.82) is 0 Å². The smallest absolute Gasteiger partial charge is 0.234 e. The highest BCUT2D eigenvalue weighted by Crippen LogP contribution is 2.17. The summed E-state index contributed by atoms with van der Waals surface area (Å²) >= 11 is 5.87. The molecule has 0 spiro atoms. The molecule has 1 aliphatic heterocycles. The lowest BCUT2D eigenvalue weighted by atomic mass is 9.99. The average Bonchev–Trinajstić information content (AvgIpc) is 2.42. The summed E-state index contributed by atoms with van der Waals surface area (Å²) in [5.74, 6) is 0.893. The second-order valence-corrected chi connectivity index (χ2v) is 6.24. The summed E-state index contributed by atoms with van der Waals surface area (Å²) in [6.45, 7) is 6.85. The molecule has 0 aromatic heterocycles. The Labute approximate surface area is 126 Å². The number of piperidine rings is 1. The molecule has 1 aliphatic rings. The van der Waals surface area contributed by atoms with Crippen molar-refractivity contribution in [3.05, 3.63) is 34.9 Å². The van der Waals surface area contributed by atoms with E-state index in [0.29, 0.717) is 6.54 Å². The molecule has 0 bridgehead atoms. The largest absolute Gasteiger partial charge is 0.348 e. The molecule has 1 aromatic rings. The summed E-state index contributed by atoms with van der Waals surface area (Å²) in [5, 5.41) is 3.77. The van der Waals surface area contributed by atoms with Crippen LogP contribution in [0.1, 0.15) is 38.3 Å². The fraction of sp³-hybridized carbons (Fsp3) is 0.562. The van der Waals surface area contributed by atoms with Gasteiger partial charge in [0.05, 0.1) is 12.6 Å². The summed E-state index contributed by atoms with van der Waals surface area (Å²) in [7, 11) is 0. The van der Waals surface area contributed by atoms with Gasteiger partial charge in [-0.25, -0.2) is 0 Å². The lowest BCUT2D eigenvalue weighted by molar-refractivity contribution is -0.123. The summed E-state index contributed by atoms with van der Waals surface area (Å²) in [6.07, 6.45) is 2.39. The molecular formula is C16H23ClN2O. The monoisotopic (exact) mass is 294 g/mol. The lowest BCUT2D eigenvalue weighted by Crippen LogP contribution is -2.41. The van der Waals surface area contributed by atoms with E-state index in [0.717, 1.165) is 29.6 Å². The van der Waals surface area contributed by atoms with Crippen LogP contribution in [0.25, 0.3) is 0 Å². The van der Waals surface area contributed by atoms with E-state index in [2.05, 4.69) is 17.1 Å². The zero-order valence-electron chi connectivity index (χ0n) is 12.2. The number of rotatable bonds is 4. The van der Waals surface area contributed by atoms with Crippen LogP contribution in [0.5, 0.6) is 0 Å². The minimum absolute atomic E-state index is 0.0171. The van der Waals surface area contributed by atoms with E-state index in [4.69, 9.17) is 11.6 Å². The van der Waals surface area contributed by atoms with Gasteiger partial charge in [0.1, 0.15) is 0 Å². The quantitative estimate of drug-likeness (QED) is 0.924. The molecule has 4 heteroatoms. The first-order valence-electron chi connectivity index (χ1n) is 7.32. The maximum Gasteiger partial charge on any atom is 0.234 e. The van der Waals surface area contributed by atoms with E-state index < -0.39 is 0 Å². The summed E-state index contributed by atoms with van der Waals surface area (Å²) in [4.78, 5) is 14.3. The van der Waals surface area contributed by atoms with Gasteiger partial charge >= 0.3 is 0 Å². The molecule has 3 nitrogen and oxygen atoms in total. The Balaban J connectivity index is 1.80. The molecule has 2 rings (SSSR count). The first kappa shape index (κ1) is 15.3. The standard InChI is InChI=1S/C16H23ClN2O/c1-12-7-9-19(10-8-12)11-16(20)18-13(2)14-3-5-15(17)6-4-14/h3-6,12-13H,7-11H2,1-2H3,(H,18,20)/t13-/m1/s1. The number of hydrogen-bond donors (Lipinski definition) is 1. The van der Waals surface area contributed by atoms with Crippen molar-refractivity contribution >= 4 is 17.5 Å². The second-order valence-electron chi connectivity index (χ2n) is 5.80. The van der Waals surface area contributed by atoms with Crippen molar-refractivity contribution < 1.29 is 4.79 Å². The van der Waals surface area contributed by atoms with Crippen molar-refractivity contribution in [3.8, 4) is 0 Å². The van der Waals surface area contributed by atoms with Crippen LogP contribution in [0.3, 0.4) is 0 Å². The topological polar surface area (TPSA) is 32.3 Å². The van der Waals surface area contributed by atoms with Gasteiger partial charge in [0.15, 0.2) is 0 Å².